The summed E-state index contributed by atoms with van der Waals surface area (Å²) in [4.78, 5) is 0. The van der Waals surface area contributed by atoms with Crippen LogP contribution in [0.1, 0.15) is 6.92 Å². The van der Waals surface area contributed by atoms with E-state index in [0.717, 1.165) is 0 Å². The molecule has 7 atom stereocenters. The van der Waals surface area contributed by atoms with Crippen molar-refractivity contribution in [1.29, 1.82) is 0 Å². The molecule has 0 aromatic rings. The van der Waals surface area contributed by atoms with Gasteiger partial charge < -0.3 is 48.1 Å². The van der Waals surface area contributed by atoms with Crippen LogP contribution in [-0.2, 0) is 37.9 Å². The van der Waals surface area contributed by atoms with Gasteiger partial charge in [0, 0.05) is 6.61 Å². The van der Waals surface area contributed by atoms with E-state index in [1.807, 2.05) is 6.92 Å². The van der Waals surface area contributed by atoms with Crippen LogP contribution in [0.15, 0.2) is 0 Å². The summed E-state index contributed by atoms with van der Waals surface area (Å²) in [6, 6.07) is 0. The molecule has 7 unspecified atom stereocenters. The zero-order chi connectivity index (χ0) is 19.8. The van der Waals surface area contributed by atoms with E-state index in [2.05, 4.69) is 0 Å². The summed E-state index contributed by atoms with van der Waals surface area (Å²) in [7, 11) is 0. The molecule has 3 fully saturated rings. The van der Waals surface area contributed by atoms with Crippen LogP contribution in [-0.4, -0.2) is 119 Å². The summed E-state index contributed by atoms with van der Waals surface area (Å²) < 4.78 is 43.3. The Labute approximate surface area is 164 Å². The first-order valence-electron chi connectivity index (χ1n) is 9.84. The zero-order valence-electron chi connectivity index (χ0n) is 16.3. The summed E-state index contributed by atoms with van der Waals surface area (Å²) in [6.07, 6.45) is -3.64. The Morgan fingerprint density at radius 2 is 1.39 bits per heavy atom. The Bertz CT molecular complexity index is 427. The average Bonchev–Trinajstić information content (AvgIpc) is 3.54. The molecule has 3 aliphatic heterocycles. The van der Waals surface area contributed by atoms with Crippen LogP contribution in [0.2, 0.25) is 0 Å². The van der Waals surface area contributed by atoms with Crippen LogP contribution in [0.5, 0.6) is 0 Å². The Morgan fingerprint density at radius 1 is 0.821 bits per heavy atom. The minimum Gasteiger partial charge on any atom is -0.388 e. The Hall–Kier alpha value is -0.400. The predicted molar refractivity (Wildman–Crippen MR) is 94.0 cm³/mol. The van der Waals surface area contributed by atoms with Gasteiger partial charge in [-0.1, -0.05) is 0 Å². The number of rotatable bonds is 18. The molecule has 3 saturated heterocycles. The van der Waals surface area contributed by atoms with E-state index in [1.165, 1.54) is 0 Å². The Morgan fingerprint density at radius 3 is 1.96 bits per heavy atom. The van der Waals surface area contributed by atoms with Gasteiger partial charge in [-0.3, -0.25) is 0 Å². The molecule has 164 valence electrons. The highest BCUT2D eigenvalue weighted by atomic mass is 16.7. The van der Waals surface area contributed by atoms with Crippen molar-refractivity contribution >= 4 is 0 Å². The third-order valence-corrected chi connectivity index (χ3v) is 4.53. The van der Waals surface area contributed by atoms with E-state index in [4.69, 9.17) is 37.9 Å². The number of aliphatic hydroxyl groups is 2. The first kappa shape index (κ1) is 22.3. The van der Waals surface area contributed by atoms with Gasteiger partial charge in [0.05, 0.1) is 52.9 Å². The van der Waals surface area contributed by atoms with Crippen LogP contribution in [0.3, 0.4) is 0 Å². The minimum atomic E-state index is -1.23. The van der Waals surface area contributed by atoms with Crippen LogP contribution in [0.4, 0.5) is 0 Å². The first-order valence-corrected chi connectivity index (χ1v) is 9.84. The minimum absolute atomic E-state index is 0.00318. The topological polar surface area (TPSA) is 124 Å². The van der Waals surface area contributed by atoms with Crippen LogP contribution in [0, 0.1) is 0 Å². The quantitative estimate of drug-likeness (QED) is 0.161. The van der Waals surface area contributed by atoms with Crippen LogP contribution in [0.25, 0.3) is 0 Å². The number of ether oxygens (including phenoxy) is 8. The van der Waals surface area contributed by atoms with Gasteiger partial charge in [0.2, 0.25) is 0 Å². The fourth-order valence-corrected chi connectivity index (χ4v) is 2.55. The van der Waals surface area contributed by atoms with Gasteiger partial charge in [-0.15, -0.1) is 0 Å². The average molecular weight is 408 g/mol. The van der Waals surface area contributed by atoms with Crippen LogP contribution >= 0.6 is 0 Å². The Kier molecular flexibility index (Phi) is 9.31. The lowest BCUT2D eigenvalue weighted by molar-refractivity contribution is -0.196. The third kappa shape index (κ3) is 8.54. The molecule has 3 heterocycles. The molecule has 3 rings (SSSR count). The van der Waals surface area contributed by atoms with Gasteiger partial charge in [-0.25, -0.2) is 0 Å². The molecule has 2 N–H and O–H groups in total. The van der Waals surface area contributed by atoms with Crippen molar-refractivity contribution in [3.05, 3.63) is 0 Å². The molecule has 0 aromatic heterocycles. The highest BCUT2D eigenvalue weighted by molar-refractivity contribution is 4.85. The van der Waals surface area contributed by atoms with Crippen molar-refractivity contribution in [2.75, 3.05) is 66.3 Å². The zero-order valence-corrected chi connectivity index (χ0v) is 16.3. The van der Waals surface area contributed by atoms with Crippen molar-refractivity contribution in [3.8, 4) is 0 Å². The van der Waals surface area contributed by atoms with Crippen LogP contribution < -0.4 is 0 Å². The maximum Gasteiger partial charge on any atom is 0.147 e. The summed E-state index contributed by atoms with van der Waals surface area (Å²) in [5, 5.41) is 21.1. The van der Waals surface area contributed by atoms with Gasteiger partial charge in [0.25, 0.3) is 0 Å². The molecule has 0 radical (unpaired) electrons. The largest absolute Gasteiger partial charge is 0.388 e. The van der Waals surface area contributed by atoms with Crippen molar-refractivity contribution in [2.24, 2.45) is 0 Å². The molecule has 0 saturated carbocycles. The lowest BCUT2D eigenvalue weighted by Crippen LogP contribution is -2.51. The first-order chi connectivity index (χ1) is 13.7. The lowest BCUT2D eigenvalue weighted by Gasteiger charge is -2.32. The monoisotopic (exact) mass is 408 g/mol. The molecule has 10 heteroatoms. The van der Waals surface area contributed by atoms with Gasteiger partial charge in [0.1, 0.15) is 49.5 Å². The van der Waals surface area contributed by atoms with Gasteiger partial charge in [-0.05, 0) is 6.92 Å². The second-order valence-corrected chi connectivity index (χ2v) is 7.11. The predicted octanol–water partition coefficient (Wildman–Crippen LogP) is -1.30. The van der Waals surface area contributed by atoms with E-state index >= 15 is 0 Å². The molecule has 0 aliphatic carbocycles. The fraction of sp³-hybridized carbons (Fsp3) is 1.00. The smallest absolute Gasteiger partial charge is 0.147 e. The van der Waals surface area contributed by atoms with Crippen molar-refractivity contribution in [3.63, 3.8) is 0 Å². The SMILES string of the molecule is CCOCOC(COCC1CO1)C(OCC1CO1)C(O)C(O)COCC1CO1. The molecule has 3 aliphatic rings. The number of hydrogen-bond donors (Lipinski definition) is 2. The van der Waals surface area contributed by atoms with Crippen molar-refractivity contribution in [1.82, 2.24) is 0 Å². The number of hydrogen-bond acceptors (Lipinski definition) is 10. The third-order valence-electron chi connectivity index (χ3n) is 4.53. The summed E-state index contributed by atoms with van der Waals surface area (Å²) in [5.41, 5.74) is 0. The maximum atomic E-state index is 10.7. The molecular formula is C18H32O10. The highest BCUT2D eigenvalue weighted by Crippen LogP contribution is 2.19. The molecule has 0 spiro atoms. The molecule has 0 aromatic carbocycles. The normalized spacial score (nSPS) is 29.9. The molecule has 28 heavy (non-hydrogen) atoms. The molecule has 0 amide bonds. The Balaban J connectivity index is 1.52. The van der Waals surface area contributed by atoms with Gasteiger partial charge >= 0.3 is 0 Å². The molecular weight excluding hydrogens is 376 g/mol. The number of epoxide rings is 3. The van der Waals surface area contributed by atoms with Gasteiger partial charge in [0.15, 0.2) is 0 Å². The number of aliphatic hydroxyl groups excluding tert-OH is 2. The molecule has 0 bridgehead atoms. The van der Waals surface area contributed by atoms with E-state index < -0.39 is 24.4 Å². The van der Waals surface area contributed by atoms with E-state index in [0.29, 0.717) is 46.2 Å². The van der Waals surface area contributed by atoms with E-state index in [9.17, 15) is 10.2 Å². The second kappa shape index (κ2) is 11.7. The molecule has 10 nitrogen and oxygen atoms in total. The van der Waals surface area contributed by atoms with E-state index in [-0.39, 0.29) is 38.3 Å². The summed E-state index contributed by atoms with van der Waals surface area (Å²) >= 11 is 0. The fourth-order valence-electron chi connectivity index (χ4n) is 2.55. The lowest BCUT2D eigenvalue weighted by atomic mass is 10.0. The second-order valence-electron chi connectivity index (χ2n) is 7.11. The van der Waals surface area contributed by atoms with Gasteiger partial charge in [-0.2, -0.15) is 0 Å². The highest BCUT2D eigenvalue weighted by Gasteiger charge is 2.37. The van der Waals surface area contributed by atoms with Crippen molar-refractivity contribution in [2.45, 2.75) is 49.7 Å². The summed E-state index contributed by atoms with van der Waals surface area (Å²) in [5.74, 6) is 0. The van der Waals surface area contributed by atoms with E-state index in [1.54, 1.807) is 0 Å². The van der Waals surface area contributed by atoms with Crippen molar-refractivity contribution < 1.29 is 48.1 Å². The standard InChI is InChI=1S/C18H32O10/c1-2-21-11-28-16(10-23-4-13-6-25-13)18(27-8-14-7-26-14)17(20)15(19)9-22-3-12-5-24-12/h12-20H,2-11H2,1H3. The summed E-state index contributed by atoms with van der Waals surface area (Å²) in [6.45, 7) is 5.62. The maximum absolute atomic E-state index is 10.7.